The maximum atomic E-state index is 13.8. The summed E-state index contributed by atoms with van der Waals surface area (Å²) in [6.07, 6.45) is 10.4. The minimum absolute atomic E-state index is 0.0772. The van der Waals surface area contributed by atoms with E-state index in [-0.39, 0.29) is 77.9 Å². The molecule has 0 fully saturated rings. The normalized spacial score (nSPS) is 17.7. The Morgan fingerprint density at radius 3 is 2.42 bits per heavy atom. The van der Waals surface area contributed by atoms with Crippen LogP contribution < -0.4 is 5.56 Å². The van der Waals surface area contributed by atoms with Gasteiger partial charge in [-0.25, -0.2) is 9.78 Å². The Balaban J connectivity index is 0.978. The van der Waals surface area contributed by atoms with Crippen molar-refractivity contribution < 1.29 is 43.5 Å². The van der Waals surface area contributed by atoms with Gasteiger partial charge in [0.25, 0.3) is 5.56 Å². The number of cyclic esters (lactones) is 1. The van der Waals surface area contributed by atoms with Gasteiger partial charge in [-0.15, -0.1) is 11.5 Å². The number of nitrogens with zero attached hydrogens (tertiary/aromatic N) is 5. The van der Waals surface area contributed by atoms with Gasteiger partial charge in [0.2, 0.25) is 5.60 Å². The van der Waals surface area contributed by atoms with Crippen LogP contribution in [0.1, 0.15) is 88.1 Å². The molecule has 5 heterocycles. The second kappa shape index (κ2) is 19.4. The van der Waals surface area contributed by atoms with E-state index in [0.29, 0.717) is 73.4 Å². The molecule has 4 aromatic rings. The first-order valence-corrected chi connectivity index (χ1v) is 20.4. The number of pyridine rings is 2. The molecule has 3 aromatic heterocycles. The van der Waals surface area contributed by atoms with Crippen molar-refractivity contribution in [2.75, 3.05) is 46.2 Å². The second-order valence-corrected chi connectivity index (χ2v) is 15.7. The van der Waals surface area contributed by atoms with E-state index in [9.17, 15) is 24.6 Å². The molecule has 316 valence electrons. The van der Waals surface area contributed by atoms with Crippen LogP contribution in [0, 0.1) is 23.2 Å². The predicted octanol–water partition coefficient (Wildman–Crippen LogP) is 4.44. The number of carbonyl (C=O) groups excluding carboxylic acids is 2. The second-order valence-electron chi connectivity index (χ2n) is 15.7. The van der Waals surface area contributed by atoms with Crippen LogP contribution in [0.3, 0.4) is 0 Å². The molecule has 15 heteroatoms. The topological polar surface area (TPSA) is 186 Å². The lowest BCUT2D eigenvalue weighted by atomic mass is 9.85. The first-order chi connectivity index (χ1) is 28.6. The van der Waals surface area contributed by atoms with Crippen molar-refractivity contribution in [1.82, 2.24) is 24.5 Å². The third-order valence-electron chi connectivity index (χ3n) is 11.8. The number of para-hydroxylation sites is 1. The Bertz CT molecular complexity index is 2200. The summed E-state index contributed by atoms with van der Waals surface area (Å²) < 4.78 is 32.3. The van der Waals surface area contributed by atoms with Crippen molar-refractivity contribution in [3.63, 3.8) is 0 Å². The highest BCUT2D eigenvalue weighted by Crippen LogP contribution is 2.41. The average Bonchev–Trinajstić information content (AvgIpc) is 3.86. The number of benzene rings is 1. The number of aryl methyl sites for hydroxylation is 1. The van der Waals surface area contributed by atoms with E-state index in [0.717, 1.165) is 16.5 Å². The minimum Gasteiger partial charge on any atom is -0.457 e. The molecule has 2 unspecified atom stereocenters. The summed E-state index contributed by atoms with van der Waals surface area (Å²) >= 11 is 0. The molecule has 59 heavy (non-hydrogen) atoms. The van der Waals surface area contributed by atoms with Crippen LogP contribution >= 0.6 is 0 Å². The van der Waals surface area contributed by atoms with Crippen molar-refractivity contribution in [1.29, 1.82) is 0 Å². The zero-order chi connectivity index (χ0) is 42.0. The fourth-order valence-corrected chi connectivity index (χ4v) is 7.64. The molecule has 0 radical (unpaired) electrons. The molecule has 0 saturated carbocycles. The van der Waals surface area contributed by atoms with Crippen LogP contribution in [0.5, 0.6) is 0 Å². The third kappa shape index (κ3) is 9.42. The van der Waals surface area contributed by atoms with E-state index in [1.807, 2.05) is 44.2 Å². The summed E-state index contributed by atoms with van der Waals surface area (Å²) in [5, 5.41) is 29.7. The highest BCUT2D eigenvalue weighted by molar-refractivity contribution is 5.88. The standard InChI is InChI=1S/C44H55N5O10/c1-5-18-55-27-42(6-2,25-50)29-57-30-43(7-3,26-51)28-56-23-33-22-48(47-46-33)17-13-9-10-16-38(52)59-44(8-4)35-20-37-39-32(19-31-14-11-12-15-36(31)45-39)21-49(37)40(53)34(35)24-58-41(44)54/h1,11-12,14-15,19-20,22,50-51H,6-10,13,16-18,21,23-30H2,2-4H3/t42?,43?,44-/m0/s1. The molecular formula is C44H55N5O10. The summed E-state index contributed by atoms with van der Waals surface area (Å²) in [5.41, 5.74) is 1.01. The highest BCUT2D eigenvalue weighted by atomic mass is 16.6. The SMILES string of the molecule is C#CCOCC(CC)(CO)COCC(CC)(CO)COCc1cn(CCCCCC(=O)O[C@]2(CC)C(=O)OCc3c2cc2n(c3=O)Cc3cc4ccccc4nc3-2)nn1. The van der Waals surface area contributed by atoms with Crippen molar-refractivity contribution in [2.24, 2.45) is 10.8 Å². The van der Waals surface area contributed by atoms with E-state index in [4.69, 9.17) is 35.1 Å². The number of esters is 2. The zero-order valence-corrected chi connectivity index (χ0v) is 34.2. The molecular weight excluding hydrogens is 759 g/mol. The lowest BCUT2D eigenvalue weighted by Crippen LogP contribution is -2.47. The van der Waals surface area contributed by atoms with Crippen LogP contribution in [0.2, 0.25) is 0 Å². The van der Waals surface area contributed by atoms with Gasteiger partial charge < -0.3 is 38.5 Å². The summed E-state index contributed by atoms with van der Waals surface area (Å²) in [6, 6.07) is 11.6. The van der Waals surface area contributed by atoms with E-state index < -0.39 is 28.4 Å². The van der Waals surface area contributed by atoms with Gasteiger partial charge in [0.1, 0.15) is 18.9 Å². The number of hydrogen-bond donors (Lipinski definition) is 2. The van der Waals surface area contributed by atoms with Crippen LogP contribution in [0.4, 0.5) is 0 Å². The van der Waals surface area contributed by atoms with E-state index in [2.05, 4.69) is 16.2 Å². The average molecular weight is 814 g/mol. The molecule has 15 nitrogen and oxygen atoms in total. The molecule has 0 bridgehead atoms. The number of aliphatic hydroxyl groups is 2. The Kier molecular flexibility index (Phi) is 14.3. The smallest absolute Gasteiger partial charge is 0.355 e. The molecule has 0 amide bonds. The van der Waals surface area contributed by atoms with Gasteiger partial charge in [-0.2, -0.15) is 0 Å². The van der Waals surface area contributed by atoms with Crippen molar-refractivity contribution in [2.45, 2.75) is 97.6 Å². The number of unbranched alkanes of at least 4 members (excludes halogenated alkanes) is 2. The van der Waals surface area contributed by atoms with Gasteiger partial charge in [-0.05, 0) is 50.3 Å². The van der Waals surface area contributed by atoms with Gasteiger partial charge in [0.15, 0.2) is 0 Å². The number of carbonyl (C=O) groups is 2. The highest BCUT2D eigenvalue weighted by Gasteiger charge is 2.50. The molecule has 6 rings (SSSR count). The summed E-state index contributed by atoms with van der Waals surface area (Å²) in [4.78, 5) is 45.4. The van der Waals surface area contributed by atoms with Gasteiger partial charge in [0.05, 0.1) is 81.5 Å². The molecule has 0 aliphatic carbocycles. The van der Waals surface area contributed by atoms with Crippen molar-refractivity contribution >= 4 is 22.8 Å². The molecule has 1 aromatic carbocycles. The van der Waals surface area contributed by atoms with Crippen LogP contribution in [0.15, 0.2) is 47.4 Å². The Labute approximate surface area is 344 Å². The maximum Gasteiger partial charge on any atom is 0.355 e. The first kappa shape index (κ1) is 43.6. The number of terminal acetylenes is 1. The van der Waals surface area contributed by atoms with Gasteiger partial charge in [-0.1, -0.05) is 56.5 Å². The van der Waals surface area contributed by atoms with E-state index in [1.165, 1.54) is 0 Å². The summed E-state index contributed by atoms with van der Waals surface area (Å²) in [6.45, 7) is 7.48. The number of fused-ring (bicyclic) bond motifs is 5. The summed E-state index contributed by atoms with van der Waals surface area (Å²) in [7, 11) is 0. The third-order valence-corrected chi connectivity index (χ3v) is 11.8. The first-order valence-electron chi connectivity index (χ1n) is 20.4. The lowest BCUT2D eigenvalue weighted by Gasteiger charge is -2.35. The van der Waals surface area contributed by atoms with Crippen LogP contribution in [-0.4, -0.2) is 92.9 Å². The predicted molar refractivity (Wildman–Crippen MR) is 217 cm³/mol. The van der Waals surface area contributed by atoms with Gasteiger partial charge >= 0.3 is 11.9 Å². The maximum absolute atomic E-state index is 13.8. The zero-order valence-electron chi connectivity index (χ0n) is 34.2. The van der Waals surface area contributed by atoms with Crippen LogP contribution in [0.25, 0.3) is 22.3 Å². The fraction of sp³-hybridized carbons (Fsp3) is 0.545. The largest absolute Gasteiger partial charge is 0.457 e. The minimum atomic E-state index is -1.74. The Morgan fingerprint density at radius 2 is 1.71 bits per heavy atom. The van der Waals surface area contributed by atoms with Gasteiger partial charge in [-0.3, -0.25) is 14.3 Å². The Hall–Kier alpha value is -4.98. The number of aliphatic hydroxyl groups excluding tert-OH is 2. The quantitative estimate of drug-likeness (QED) is 0.0536. The van der Waals surface area contributed by atoms with E-state index >= 15 is 0 Å². The number of ether oxygens (including phenoxy) is 5. The molecule has 3 atom stereocenters. The summed E-state index contributed by atoms with van der Waals surface area (Å²) in [5.74, 6) is 1.19. The van der Waals surface area contributed by atoms with Crippen LogP contribution in [-0.2, 0) is 65.2 Å². The number of aromatic nitrogens is 5. The monoisotopic (exact) mass is 813 g/mol. The van der Waals surface area contributed by atoms with Gasteiger partial charge in [0, 0.05) is 40.3 Å². The molecule has 0 spiro atoms. The van der Waals surface area contributed by atoms with E-state index in [1.54, 1.807) is 28.4 Å². The fourth-order valence-electron chi connectivity index (χ4n) is 7.64. The molecule has 0 saturated heterocycles. The molecule has 2 aliphatic heterocycles. The van der Waals surface area contributed by atoms with Crippen molar-refractivity contribution in [3.8, 4) is 23.7 Å². The molecule has 2 N–H and O–H groups in total. The lowest BCUT2D eigenvalue weighted by molar-refractivity contribution is -0.189. The van der Waals surface area contributed by atoms with Crippen molar-refractivity contribution in [3.05, 3.63) is 75.3 Å². The Morgan fingerprint density at radius 1 is 0.983 bits per heavy atom. The molecule has 2 aliphatic rings. The number of hydrogen-bond acceptors (Lipinski definition) is 13. The number of rotatable bonds is 23.